The smallest absolute Gasteiger partial charge is 0.191 e. The molecule has 1 aliphatic rings. The van der Waals surface area contributed by atoms with Gasteiger partial charge in [-0.1, -0.05) is 38.1 Å². The highest BCUT2D eigenvalue weighted by atomic mass is 127. The molecule has 1 aliphatic heterocycles. The monoisotopic (exact) mass is 486 g/mol. The van der Waals surface area contributed by atoms with Crippen LogP contribution in [0, 0.1) is 5.92 Å². The molecule has 2 N–H and O–H groups in total. The largest absolute Gasteiger partial charge is 0.381 e. The highest BCUT2D eigenvalue weighted by Gasteiger charge is 2.07. The molecule has 0 saturated heterocycles. The SMILES string of the molecule is CCNC(=NCc1ccc(N2CC=CC2)cc1)NCCCOCC(C)C.I. The van der Waals surface area contributed by atoms with Crippen LogP contribution in [0.2, 0.25) is 0 Å². The second kappa shape index (κ2) is 13.8. The highest BCUT2D eigenvalue weighted by Crippen LogP contribution is 2.17. The van der Waals surface area contributed by atoms with Gasteiger partial charge in [0.15, 0.2) is 5.96 Å². The molecular formula is C21H35IN4O. The molecule has 6 heteroatoms. The molecule has 0 aliphatic carbocycles. The molecule has 0 spiro atoms. The number of hydrogen-bond donors (Lipinski definition) is 2. The van der Waals surface area contributed by atoms with E-state index in [4.69, 9.17) is 4.74 Å². The summed E-state index contributed by atoms with van der Waals surface area (Å²) in [6, 6.07) is 8.70. The van der Waals surface area contributed by atoms with E-state index in [1.54, 1.807) is 0 Å². The van der Waals surface area contributed by atoms with E-state index in [2.05, 4.69) is 77.7 Å². The molecule has 0 radical (unpaired) electrons. The molecule has 1 aromatic carbocycles. The summed E-state index contributed by atoms with van der Waals surface area (Å²) in [4.78, 5) is 7.03. The summed E-state index contributed by atoms with van der Waals surface area (Å²) in [5, 5.41) is 6.68. The molecule has 2 rings (SSSR count). The molecule has 0 atom stereocenters. The van der Waals surface area contributed by atoms with Crippen molar-refractivity contribution in [2.45, 2.75) is 33.7 Å². The third kappa shape index (κ3) is 9.46. The first-order valence-electron chi connectivity index (χ1n) is 9.78. The summed E-state index contributed by atoms with van der Waals surface area (Å²) >= 11 is 0. The fourth-order valence-electron chi connectivity index (χ4n) is 2.71. The molecule has 1 heterocycles. The van der Waals surface area contributed by atoms with Crippen LogP contribution in [-0.2, 0) is 11.3 Å². The number of rotatable bonds is 10. The molecule has 0 bridgehead atoms. The second-order valence-corrected chi connectivity index (χ2v) is 6.99. The number of anilines is 1. The van der Waals surface area contributed by atoms with E-state index >= 15 is 0 Å². The van der Waals surface area contributed by atoms with Crippen molar-refractivity contribution in [1.29, 1.82) is 0 Å². The van der Waals surface area contributed by atoms with Crippen LogP contribution in [0.25, 0.3) is 0 Å². The topological polar surface area (TPSA) is 48.9 Å². The van der Waals surface area contributed by atoms with Crippen molar-refractivity contribution < 1.29 is 4.74 Å². The van der Waals surface area contributed by atoms with E-state index in [9.17, 15) is 0 Å². The van der Waals surface area contributed by atoms with Crippen LogP contribution in [0.3, 0.4) is 0 Å². The first kappa shape index (κ1) is 23.8. The molecule has 0 fully saturated rings. The molecule has 27 heavy (non-hydrogen) atoms. The number of ether oxygens (including phenoxy) is 1. The van der Waals surface area contributed by atoms with E-state index < -0.39 is 0 Å². The van der Waals surface area contributed by atoms with Gasteiger partial charge in [0.2, 0.25) is 0 Å². The lowest BCUT2D eigenvalue weighted by atomic mass is 10.2. The van der Waals surface area contributed by atoms with Gasteiger partial charge >= 0.3 is 0 Å². The summed E-state index contributed by atoms with van der Waals surface area (Å²) in [5.41, 5.74) is 2.49. The van der Waals surface area contributed by atoms with Crippen molar-refractivity contribution in [3.05, 3.63) is 42.0 Å². The predicted octanol–water partition coefficient (Wildman–Crippen LogP) is 3.80. The van der Waals surface area contributed by atoms with Crippen molar-refractivity contribution >= 4 is 35.6 Å². The standard InChI is InChI=1S/C21H34N4O.HI/c1-4-22-21(23-12-7-15-26-17-18(2)3)24-16-19-8-10-20(11-9-19)25-13-5-6-14-25;/h5-6,8-11,18H,4,7,12-17H2,1-3H3,(H2,22,23,24);1H. The molecule has 1 aromatic rings. The summed E-state index contributed by atoms with van der Waals surface area (Å²) in [7, 11) is 0. The maximum Gasteiger partial charge on any atom is 0.191 e. The first-order chi connectivity index (χ1) is 12.7. The van der Waals surface area contributed by atoms with Gasteiger partial charge in [-0.05, 0) is 37.0 Å². The van der Waals surface area contributed by atoms with Crippen molar-refractivity contribution in [3.63, 3.8) is 0 Å². The van der Waals surface area contributed by atoms with Crippen LogP contribution in [0.4, 0.5) is 5.69 Å². The van der Waals surface area contributed by atoms with E-state index in [1.165, 1.54) is 11.3 Å². The van der Waals surface area contributed by atoms with Gasteiger partial charge in [0.1, 0.15) is 0 Å². The minimum absolute atomic E-state index is 0. The van der Waals surface area contributed by atoms with Gasteiger partial charge in [-0.15, -0.1) is 24.0 Å². The van der Waals surface area contributed by atoms with Crippen LogP contribution in [0.5, 0.6) is 0 Å². The normalized spacial score (nSPS) is 13.8. The number of hydrogen-bond acceptors (Lipinski definition) is 3. The Balaban J connectivity index is 0.00000364. The molecular weight excluding hydrogens is 451 g/mol. The summed E-state index contributed by atoms with van der Waals surface area (Å²) < 4.78 is 5.61. The van der Waals surface area contributed by atoms with Gasteiger partial charge in [-0.3, -0.25) is 0 Å². The summed E-state index contributed by atoms with van der Waals surface area (Å²) in [6.45, 7) is 12.5. The van der Waals surface area contributed by atoms with E-state index in [0.717, 1.165) is 51.8 Å². The van der Waals surface area contributed by atoms with Crippen LogP contribution < -0.4 is 15.5 Å². The van der Waals surface area contributed by atoms with Crippen LogP contribution in [0.1, 0.15) is 32.8 Å². The Morgan fingerprint density at radius 2 is 1.85 bits per heavy atom. The first-order valence-corrected chi connectivity index (χ1v) is 9.78. The number of nitrogens with zero attached hydrogens (tertiary/aromatic N) is 2. The Morgan fingerprint density at radius 1 is 1.15 bits per heavy atom. The Hall–Kier alpha value is -1.28. The molecule has 0 saturated carbocycles. The number of nitrogens with one attached hydrogen (secondary N) is 2. The van der Waals surface area contributed by atoms with Crippen LogP contribution in [-0.4, -0.2) is 45.4 Å². The zero-order valence-corrected chi connectivity index (χ0v) is 19.2. The molecule has 0 aromatic heterocycles. The van der Waals surface area contributed by atoms with Gasteiger partial charge in [-0.2, -0.15) is 0 Å². The minimum atomic E-state index is 0. The van der Waals surface area contributed by atoms with Gasteiger partial charge in [0, 0.05) is 45.1 Å². The van der Waals surface area contributed by atoms with E-state index in [-0.39, 0.29) is 24.0 Å². The van der Waals surface area contributed by atoms with Gasteiger partial charge in [-0.25, -0.2) is 4.99 Å². The summed E-state index contributed by atoms with van der Waals surface area (Å²) in [5.74, 6) is 1.46. The fraction of sp³-hybridized carbons (Fsp3) is 0.571. The van der Waals surface area contributed by atoms with E-state index in [0.29, 0.717) is 12.5 Å². The van der Waals surface area contributed by atoms with Gasteiger partial charge < -0.3 is 20.3 Å². The minimum Gasteiger partial charge on any atom is -0.381 e. The van der Waals surface area contributed by atoms with Crippen molar-refractivity contribution in [2.24, 2.45) is 10.9 Å². The number of halogens is 1. The Morgan fingerprint density at radius 3 is 2.48 bits per heavy atom. The molecule has 5 nitrogen and oxygen atoms in total. The maximum atomic E-state index is 5.61. The summed E-state index contributed by atoms with van der Waals surface area (Å²) in [6.07, 6.45) is 5.40. The lowest BCUT2D eigenvalue weighted by Crippen LogP contribution is -2.38. The molecule has 0 amide bonds. The Labute approximate surface area is 181 Å². The van der Waals surface area contributed by atoms with Gasteiger partial charge in [0.25, 0.3) is 0 Å². The van der Waals surface area contributed by atoms with Gasteiger partial charge in [0.05, 0.1) is 6.54 Å². The Kier molecular flexibility index (Phi) is 12.2. The Bertz CT molecular complexity index is 564. The lowest BCUT2D eigenvalue weighted by molar-refractivity contribution is 0.108. The number of guanidine groups is 1. The highest BCUT2D eigenvalue weighted by molar-refractivity contribution is 14.0. The molecule has 0 unspecified atom stereocenters. The van der Waals surface area contributed by atoms with Crippen molar-refractivity contribution in [3.8, 4) is 0 Å². The quantitative estimate of drug-likeness (QED) is 0.174. The average Bonchev–Trinajstić information content (AvgIpc) is 3.17. The number of aliphatic imine (C=N–C) groups is 1. The molecule has 152 valence electrons. The second-order valence-electron chi connectivity index (χ2n) is 6.99. The zero-order valence-electron chi connectivity index (χ0n) is 16.9. The van der Waals surface area contributed by atoms with Crippen LogP contribution in [0.15, 0.2) is 41.4 Å². The average molecular weight is 486 g/mol. The van der Waals surface area contributed by atoms with E-state index in [1.807, 2.05) is 0 Å². The third-order valence-electron chi connectivity index (χ3n) is 4.09. The zero-order chi connectivity index (χ0) is 18.6. The number of benzene rings is 1. The fourth-order valence-corrected chi connectivity index (χ4v) is 2.71. The van der Waals surface area contributed by atoms with Crippen molar-refractivity contribution in [2.75, 3.05) is 44.3 Å². The lowest BCUT2D eigenvalue weighted by Gasteiger charge is -2.17. The van der Waals surface area contributed by atoms with Crippen LogP contribution >= 0.6 is 24.0 Å². The van der Waals surface area contributed by atoms with Crippen molar-refractivity contribution in [1.82, 2.24) is 10.6 Å². The third-order valence-corrected chi connectivity index (χ3v) is 4.09. The predicted molar refractivity (Wildman–Crippen MR) is 126 cm³/mol. The maximum absolute atomic E-state index is 5.61.